The second-order valence-corrected chi connectivity index (χ2v) is 3.91. The molecule has 0 saturated carbocycles. The standard InChI is InChI=1S/C10H16N2O/c1-5-10(2,3)9(13)8-6-7-11-12(8)4/h6-7H,5H2,1-4H3. The average Bonchev–Trinajstić information content (AvgIpc) is 2.50. The molecule has 0 N–H and O–H groups in total. The van der Waals surface area contributed by atoms with Gasteiger partial charge in [-0.3, -0.25) is 9.48 Å². The van der Waals surface area contributed by atoms with Gasteiger partial charge in [-0.05, 0) is 12.5 Å². The first-order valence-electron chi connectivity index (χ1n) is 4.52. The van der Waals surface area contributed by atoms with Crippen molar-refractivity contribution in [2.45, 2.75) is 27.2 Å². The number of carbonyl (C=O) groups is 1. The van der Waals surface area contributed by atoms with Crippen LogP contribution in [0.25, 0.3) is 0 Å². The highest BCUT2D eigenvalue weighted by Gasteiger charge is 2.28. The third-order valence-corrected chi connectivity index (χ3v) is 2.55. The maximum Gasteiger partial charge on any atom is 0.186 e. The summed E-state index contributed by atoms with van der Waals surface area (Å²) >= 11 is 0. The molecule has 0 bridgehead atoms. The van der Waals surface area contributed by atoms with E-state index in [1.165, 1.54) is 0 Å². The minimum atomic E-state index is -0.284. The Labute approximate surface area is 78.8 Å². The van der Waals surface area contributed by atoms with E-state index < -0.39 is 0 Å². The van der Waals surface area contributed by atoms with Crippen LogP contribution in [0, 0.1) is 5.41 Å². The molecule has 1 aromatic rings. The lowest BCUT2D eigenvalue weighted by Gasteiger charge is -2.20. The number of Topliss-reactive ketones (excluding diaryl/α,β-unsaturated/α-hetero) is 1. The third-order valence-electron chi connectivity index (χ3n) is 2.55. The largest absolute Gasteiger partial charge is 0.292 e. The van der Waals surface area contributed by atoms with Crippen LogP contribution in [0.1, 0.15) is 37.7 Å². The maximum atomic E-state index is 11.9. The van der Waals surface area contributed by atoms with Crippen molar-refractivity contribution in [2.24, 2.45) is 12.5 Å². The number of hydrogen-bond acceptors (Lipinski definition) is 2. The number of rotatable bonds is 3. The minimum absolute atomic E-state index is 0.162. The van der Waals surface area contributed by atoms with Crippen LogP contribution < -0.4 is 0 Å². The van der Waals surface area contributed by atoms with E-state index in [0.29, 0.717) is 5.69 Å². The van der Waals surface area contributed by atoms with Crippen molar-refractivity contribution in [1.29, 1.82) is 0 Å². The number of hydrogen-bond donors (Lipinski definition) is 0. The second-order valence-electron chi connectivity index (χ2n) is 3.91. The number of ketones is 1. The summed E-state index contributed by atoms with van der Waals surface area (Å²) in [6, 6.07) is 1.76. The van der Waals surface area contributed by atoms with Gasteiger partial charge in [0.05, 0.1) is 0 Å². The molecule has 0 aliphatic carbocycles. The van der Waals surface area contributed by atoms with Crippen molar-refractivity contribution in [2.75, 3.05) is 0 Å². The predicted octanol–water partition coefficient (Wildman–Crippen LogP) is 2.04. The van der Waals surface area contributed by atoms with Gasteiger partial charge in [-0.15, -0.1) is 0 Å². The summed E-state index contributed by atoms with van der Waals surface area (Å²) in [5.74, 6) is 0.162. The summed E-state index contributed by atoms with van der Waals surface area (Å²) in [7, 11) is 1.79. The molecule has 1 heterocycles. The van der Waals surface area contributed by atoms with Crippen molar-refractivity contribution < 1.29 is 4.79 Å². The summed E-state index contributed by atoms with van der Waals surface area (Å²) in [4.78, 5) is 11.9. The first-order valence-corrected chi connectivity index (χ1v) is 4.52. The van der Waals surface area contributed by atoms with E-state index in [0.717, 1.165) is 6.42 Å². The zero-order chi connectivity index (χ0) is 10.1. The Morgan fingerprint density at radius 1 is 1.62 bits per heavy atom. The average molecular weight is 180 g/mol. The van der Waals surface area contributed by atoms with Crippen LogP contribution in [0.4, 0.5) is 0 Å². The van der Waals surface area contributed by atoms with Gasteiger partial charge in [0.25, 0.3) is 0 Å². The first kappa shape index (κ1) is 9.96. The molecular formula is C10H16N2O. The Kier molecular flexibility index (Phi) is 2.55. The van der Waals surface area contributed by atoms with Crippen molar-refractivity contribution in [3.8, 4) is 0 Å². The van der Waals surface area contributed by atoms with Gasteiger partial charge in [0.1, 0.15) is 5.69 Å². The summed E-state index contributed by atoms with van der Waals surface area (Å²) in [6.07, 6.45) is 2.50. The lowest BCUT2D eigenvalue weighted by Crippen LogP contribution is -2.25. The smallest absolute Gasteiger partial charge is 0.186 e. The van der Waals surface area contributed by atoms with Crippen LogP contribution in [-0.2, 0) is 7.05 Å². The van der Waals surface area contributed by atoms with Gasteiger partial charge < -0.3 is 0 Å². The molecule has 0 amide bonds. The summed E-state index contributed by atoms with van der Waals surface area (Å²) in [6.45, 7) is 5.94. The lowest BCUT2D eigenvalue weighted by molar-refractivity contribution is 0.0822. The van der Waals surface area contributed by atoms with Gasteiger partial charge in [0.15, 0.2) is 5.78 Å². The molecule has 0 spiro atoms. The van der Waals surface area contributed by atoms with E-state index in [9.17, 15) is 4.79 Å². The van der Waals surface area contributed by atoms with E-state index in [-0.39, 0.29) is 11.2 Å². The predicted molar refractivity (Wildman–Crippen MR) is 51.6 cm³/mol. The number of aryl methyl sites for hydroxylation is 1. The first-order chi connectivity index (χ1) is 5.99. The molecule has 1 rings (SSSR count). The van der Waals surface area contributed by atoms with E-state index >= 15 is 0 Å². The number of carbonyl (C=O) groups excluding carboxylic acids is 1. The molecule has 0 aliphatic heterocycles. The van der Waals surface area contributed by atoms with Crippen molar-refractivity contribution in [3.63, 3.8) is 0 Å². The molecule has 3 heteroatoms. The maximum absolute atomic E-state index is 11.9. The van der Waals surface area contributed by atoms with Gasteiger partial charge in [-0.2, -0.15) is 5.10 Å². The molecule has 0 unspecified atom stereocenters. The van der Waals surface area contributed by atoms with Gasteiger partial charge in [0.2, 0.25) is 0 Å². The summed E-state index contributed by atoms with van der Waals surface area (Å²) < 4.78 is 1.62. The normalized spacial score (nSPS) is 11.7. The van der Waals surface area contributed by atoms with E-state index in [1.54, 1.807) is 24.0 Å². The van der Waals surface area contributed by atoms with Crippen LogP contribution in [0.15, 0.2) is 12.3 Å². The van der Waals surface area contributed by atoms with Crippen molar-refractivity contribution in [1.82, 2.24) is 9.78 Å². The highest BCUT2D eigenvalue weighted by molar-refractivity contribution is 5.98. The van der Waals surface area contributed by atoms with Crippen LogP contribution >= 0.6 is 0 Å². The molecule has 13 heavy (non-hydrogen) atoms. The van der Waals surface area contributed by atoms with E-state index in [4.69, 9.17) is 0 Å². The Morgan fingerprint density at radius 2 is 2.23 bits per heavy atom. The van der Waals surface area contributed by atoms with Gasteiger partial charge in [-0.25, -0.2) is 0 Å². The highest BCUT2D eigenvalue weighted by Crippen LogP contribution is 2.24. The fourth-order valence-electron chi connectivity index (χ4n) is 1.10. The molecule has 72 valence electrons. The van der Waals surface area contributed by atoms with Gasteiger partial charge in [-0.1, -0.05) is 20.8 Å². The quantitative estimate of drug-likeness (QED) is 0.667. The fraction of sp³-hybridized carbons (Fsp3) is 0.600. The topological polar surface area (TPSA) is 34.9 Å². The molecule has 3 nitrogen and oxygen atoms in total. The Hall–Kier alpha value is -1.12. The van der Waals surface area contributed by atoms with E-state index in [2.05, 4.69) is 5.10 Å². The number of nitrogens with zero attached hydrogens (tertiary/aromatic N) is 2. The molecule has 0 aliphatic rings. The molecule has 0 radical (unpaired) electrons. The molecule has 1 aromatic heterocycles. The van der Waals surface area contributed by atoms with Crippen molar-refractivity contribution >= 4 is 5.78 Å². The lowest BCUT2D eigenvalue weighted by atomic mass is 9.84. The van der Waals surface area contributed by atoms with Gasteiger partial charge >= 0.3 is 0 Å². The zero-order valence-electron chi connectivity index (χ0n) is 8.66. The van der Waals surface area contributed by atoms with Crippen LogP contribution in [0.2, 0.25) is 0 Å². The summed E-state index contributed by atoms with van der Waals surface area (Å²) in [5, 5.41) is 3.98. The molecule has 0 atom stereocenters. The monoisotopic (exact) mass is 180 g/mol. The fourth-order valence-corrected chi connectivity index (χ4v) is 1.10. The molecule has 0 aromatic carbocycles. The highest BCUT2D eigenvalue weighted by atomic mass is 16.1. The minimum Gasteiger partial charge on any atom is -0.292 e. The zero-order valence-corrected chi connectivity index (χ0v) is 8.66. The second kappa shape index (κ2) is 3.32. The third kappa shape index (κ3) is 1.79. The Balaban J connectivity index is 2.98. The Bertz CT molecular complexity index is 312. The van der Waals surface area contributed by atoms with Crippen LogP contribution in [-0.4, -0.2) is 15.6 Å². The van der Waals surface area contributed by atoms with Crippen molar-refractivity contribution in [3.05, 3.63) is 18.0 Å². The van der Waals surface area contributed by atoms with Crippen LogP contribution in [0.3, 0.4) is 0 Å². The number of aromatic nitrogens is 2. The molecular weight excluding hydrogens is 164 g/mol. The van der Waals surface area contributed by atoms with Gasteiger partial charge in [0, 0.05) is 18.7 Å². The van der Waals surface area contributed by atoms with E-state index in [1.807, 2.05) is 20.8 Å². The molecule has 0 fully saturated rings. The SMILES string of the molecule is CCC(C)(C)C(=O)c1ccnn1C. The Morgan fingerprint density at radius 3 is 2.62 bits per heavy atom. The van der Waals surface area contributed by atoms with Crippen LogP contribution in [0.5, 0.6) is 0 Å². The summed E-state index contributed by atoms with van der Waals surface area (Å²) in [5.41, 5.74) is 0.403. The molecule has 0 saturated heterocycles.